The molecule has 0 spiro atoms. The largest absolute Gasteiger partial charge is 0.420 e. The van der Waals surface area contributed by atoms with E-state index in [1.807, 2.05) is 34.0 Å². The molecule has 0 aliphatic carbocycles. The normalized spacial score (nSPS) is 10.7. The Kier molecular flexibility index (Phi) is 4.22. The van der Waals surface area contributed by atoms with Crippen LogP contribution < -0.4 is 10.1 Å². The topological polar surface area (TPSA) is 64.9 Å². The minimum absolute atomic E-state index is 0.579. The van der Waals surface area contributed by atoms with E-state index >= 15 is 0 Å². The van der Waals surface area contributed by atoms with Crippen LogP contribution in [0, 0.1) is 13.8 Å². The fourth-order valence-corrected chi connectivity index (χ4v) is 2.00. The highest BCUT2D eigenvalue weighted by molar-refractivity contribution is 5.48. The highest BCUT2D eigenvalue weighted by Crippen LogP contribution is 2.27. The van der Waals surface area contributed by atoms with Crippen molar-refractivity contribution in [3.05, 3.63) is 23.1 Å². The van der Waals surface area contributed by atoms with Crippen LogP contribution in [0.5, 0.6) is 11.8 Å². The number of aromatic nitrogens is 4. The van der Waals surface area contributed by atoms with Crippen LogP contribution in [-0.2, 0) is 13.5 Å². The van der Waals surface area contributed by atoms with E-state index in [4.69, 9.17) is 4.74 Å². The number of ether oxygens (including phenoxy) is 1. The molecule has 0 fully saturated rings. The van der Waals surface area contributed by atoms with Gasteiger partial charge in [-0.1, -0.05) is 6.92 Å². The zero-order valence-electron chi connectivity index (χ0n) is 12.7. The lowest BCUT2D eigenvalue weighted by Crippen LogP contribution is -2.06. The van der Waals surface area contributed by atoms with E-state index in [-0.39, 0.29) is 0 Å². The molecule has 0 saturated heterocycles. The summed E-state index contributed by atoms with van der Waals surface area (Å²) in [6, 6.07) is 1.89. The fourth-order valence-electron chi connectivity index (χ4n) is 2.00. The molecule has 0 aromatic carbocycles. The van der Waals surface area contributed by atoms with E-state index in [1.165, 1.54) is 0 Å². The van der Waals surface area contributed by atoms with Crippen molar-refractivity contribution in [3.8, 4) is 11.8 Å². The molecule has 6 heteroatoms. The van der Waals surface area contributed by atoms with Gasteiger partial charge in [0.05, 0.1) is 11.3 Å². The van der Waals surface area contributed by atoms with Crippen LogP contribution in [0.1, 0.15) is 30.4 Å². The summed E-state index contributed by atoms with van der Waals surface area (Å²) in [7, 11) is 3.70. The first kappa shape index (κ1) is 14.3. The van der Waals surface area contributed by atoms with Crippen LogP contribution in [0.15, 0.2) is 6.07 Å². The smallest absolute Gasteiger partial charge is 0.229 e. The van der Waals surface area contributed by atoms with Gasteiger partial charge in [0.1, 0.15) is 11.6 Å². The van der Waals surface area contributed by atoms with Crippen molar-refractivity contribution in [2.45, 2.75) is 33.6 Å². The Morgan fingerprint density at radius 1 is 1.30 bits per heavy atom. The third-order valence-corrected chi connectivity index (χ3v) is 3.02. The average Bonchev–Trinajstić information content (AvgIpc) is 2.72. The second-order valence-corrected chi connectivity index (χ2v) is 4.77. The Morgan fingerprint density at radius 3 is 2.60 bits per heavy atom. The summed E-state index contributed by atoms with van der Waals surface area (Å²) in [4.78, 5) is 8.99. The van der Waals surface area contributed by atoms with Crippen molar-refractivity contribution < 1.29 is 4.74 Å². The van der Waals surface area contributed by atoms with Crippen molar-refractivity contribution in [1.29, 1.82) is 0 Å². The predicted octanol–water partition coefficient (Wildman–Crippen LogP) is 2.61. The van der Waals surface area contributed by atoms with Crippen LogP contribution >= 0.6 is 0 Å². The van der Waals surface area contributed by atoms with E-state index in [9.17, 15) is 0 Å². The van der Waals surface area contributed by atoms with Gasteiger partial charge in [-0.25, -0.2) is 9.67 Å². The number of nitrogens with zero attached hydrogens (tertiary/aromatic N) is 4. The molecule has 0 unspecified atom stereocenters. The van der Waals surface area contributed by atoms with Crippen LogP contribution in [-0.4, -0.2) is 26.8 Å². The molecule has 0 aliphatic rings. The molecule has 1 N–H and O–H groups in total. The molecule has 6 nitrogen and oxygen atoms in total. The van der Waals surface area contributed by atoms with E-state index in [1.54, 1.807) is 4.68 Å². The van der Waals surface area contributed by atoms with Gasteiger partial charge in [-0.05, 0) is 20.3 Å². The molecular weight excluding hydrogens is 254 g/mol. The Bertz CT molecular complexity index is 606. The average molecular weight is 275 g/mol. The minimum atomic E-state index is 0.579. The van der Waals surface area contributed by atoms with Crippen molar-refractivity contribution in [3.63, 3.8) is 0 Å². The second kappa shape index (κ2) is 5.90. The maximum Gasteiger partial charge on any atom is 0.229 e. The highest BCUT2D eigenvalue weighted by atomic mass is 16.5. The molecule has 0 bridgehead atoms. The van der Waals surface area contributed by atoms with Gasteiger partial charge in [0.15, 0.2) is 0 Å². The van der Waals surface area contributed by atoms with Crippen molar-refractivity contribution in [2.24, 2.45) is 7.05 Å². The zero-order valence-corrected chi connectivity index (χ0v) is 12.7. The third kappa shape index (κ3) is 2.89. The monoisotopic (exact) mass is 275 g/mol. The molecule has 2 rings (SSSR count). The summed E-state index contributed by atoms with van der Waals surface area (Å²) in [6.07, 6.45) is 1.83. The molecule has 0 amide bonds. The van der Waals surface area contributed by atoms with E-state index in [0.29, 0.717) is 11.8 Å². The number of anilines is 1. The Labute approximate surface area is 119 Å². The third-order valence-electron chi connectivity index (χ3n) is 3.02. The molecule has 2 aromatic heterocycles. The van der Waals surface area contributed by atoms with Crippen molar-refractivity contribution in [1.82, 2.24) is 19.7 Å². The first-order valence-electron chi connectivity index (χ1n) is 6.79. The standard InChI is InChI=1S/C14H21N5O/c1-6-7-11-16-13(15-4)10(3)14(17-11)20-12-8-9(2)18-19(12)5/h8H,6-7H2,1-5H3,(H,15,16,17). The lowest BCUT2D eigenvalue weighted by atomic mass is 10.3. The number of rotatable bonds is 5. The SMILES string of the molecule is CCCc1nc(NC)c(C)c(Oc2cc(C)nn2C)n1. The lowest BCUT2D eigenvalue weighted by Gasteiger charge is -2.12. The Hall–Kier alpha value is -2.11. The Morgan fingerprint density at radius 2 is 2.05 bits per heavy atom. The molecular formula is C14H21N5O. The molecule has 2 aromatic rings. The summed E-state index contributed by atoms with van der Waals surface area (Å²) in [5.41, 5.74) is 1.81. The summed E-state index contributed by atoms with van der Waals surface area (Å²) in [5.74, 6) is 2.85. The number of hydrogen-bond acceptors (Lipinski definition) is 5. The summed E-state index contributed by atoms with van der Waals surface area (Å²) >= 11 is 0. The Balaban J connectivity index is 2.39. The lowest BCUT2D eigenvalue weighted by molar-refractivity contribution is 0.409. The molecule has 0 saturated carbocycles. The molecule has 0 radical (unpaired) electrons. The fraction of sp³-hybridized carbons (Fsp3) is 0.500. The van der Waals surface area contributed by atoms with Crippen LogP contribution in [0.4, 0.5) is 5.82 Å². The van der Waals surface area contributed by atoms with Crippen LogP contribution in [0.25, 0.3) is 0 Å². The van der Waals surface area contributed by atoms with Gasteiger partial charge >= 0.3 is 0 Å². The molecule has 0 aliphatic heterocycles. The van der Waals surface area contributed by atoms with Gasteiger partial charge in [0.25, 0.3) is 0 Å². The predicted molar refractivity (Wildman–Crippen MR) is 78.3 cm³/mol. The maximum absolute atomic E-state index is 5.90. The number of hydrogen-bond donors (Lipinski definition) is 1. The van der Waals surface area contributed by atoms with Gasteiger partial charge in [-0.15, -0.1) is 0 Å². The summed E-state index contributed by atoms with van der Waals surface area (Å²) in [6.45, 7) is 5.98. The molecule has 0 atom stereocenters. The highest BCUT2D eigenvalue weighted by Gasteiger charge is 2.13. The molecule has 20 heavy (non-hydrogen) atoms. The van der Waals surface area contributed by atoms with Gasteiger partial charge in [-0.2, -0.15) is 10.1 Å². The zero-order chi connectivity index (χ0) is 14.7. The first-order valence-corrected chi connectivity index (χ1v) is 6.79. The van der Waals surface area contributed by atoms with Gasteiger partial charge in [0.2, 0.25) is 11.8 Å². The summed E-state index contributed by atoms with van der Waals surface area (Å²) in [5, 5.41) is 7.36. The summed E-state index contributed by atoms with van der Waals surface area (Å²) < 4.78 is 7.60. The van der Waals surface area contributed by atoms with Gasteiger partial charge < -0.3 is 10.1 Å². The quantitative estimate of drug-likeness (QED) is 0.908. The maximum atomic E-state index is 5.90. The van der Waals surface area contributed by atoms with Gasteiger partial charge in [-0.3, -0.25) is 0 Å². The van der Waals surface area contributed by atoms with Crippen molar-refractivity contribution >= 4 is 5.82 Å². The molecule has 108 valence electrons. The molecule has 2 heterocycles. The first-order chi connectivity index (χ1) is 9.55. The van der Waals surface area contributed by atoms with Gasteiger partial charge in [0, 0.05) is 26.6 Å². The second-order valence-electron chi connectivity index (χ2n) is 4.77. The minimum Gasteiger partial charge on any atom is -0.420 e. The van der Waals surface area contributed by atoms with E-state index in [2.05, 4.69) is 27.3 Å². The number of aryl methyl sites for hydroxylation is 3. The number of nitrogens with one attached hydrogen (secondary N) is 1. The van der Waals surface area contributed by atoms with E-state index in [0.717, 1.165) is 35.7 Å². The van der Waals surface area contributed by atoms with E-state index < -0.39 is 0 Å². The van der Waals surface area contributed by atoms with Crippen LogP contribution in [0.3, 0.4) is 0 Å². The van der Waals surface area contributed by atoms with Crippen molar-refractivity contribution in [2.75, 3.05) is 12.4 Å². The van der Waals surface area contributed by atoms with Crippen LogP contribution in [0.2, 0.25) is 0 Å².